The summed E-state index contributed by atoms with van der Waals surface area (Å²) >= 11 is 1.73. The van der Waals surface area contributed by atoms with Crippen molar-refractivity contribution >= 4 is 22.2 Å². The standard InChI is InChI=1S/C14H13N3S/c1-15-8-12-9-17-14(18-12)11-4-5-13-10(7-11)3-2-6-16-13/h2-7,9,15H,8H2,1H3. The van der Waals surface area contributed by atoms with Crippen molar-refractivity contribution in [3.63, 3.8) is 0 Å². The molecule has 3 nitrogen and oxygen atoms in total. The number of thiazole rings is 1. The number of aromatic nitrogens is 2. The number of benzene rings is 1. The van der Waals surface area contributed by atoms with Gasteiger partial charge in [-0.15, -0.1) is 11.3 Å². The van der Waals surface area contributed by atoms with Gasteiger partial charge >= 0.3 is 0 Å². The normalized spacial score (nSPS) is 10.9. The van der Waals surface area contributed by atoms with E-state index in [1.807, 2.05) is 31.6 Å². The van der Waals surface area contributed by atoms with E-state index in [4.69, 9.17) is 0 Å². The van der Waals surface area contributed by atoms with Crippen LogP contribution in [0.15, 0.2) is 42.7 Å². The van der Waals surface area contributed by atoms with E-state index in [1.165, 1.54) is 4.88 Å². The summed E-state index contributed by atoms with van der Waals surface area (Å²) in [4.78, 5) is 10.0. The molecule has 0 atom stereocenters. The lowest BCUT2D eigenvalue weighted by atomic mass is 10.1. The summed E-state index contributed by atoms with van der Waals surface area (Å²) in [6, 6.07) is 10.3. The van der Waals surface area contributed by atoms with E-state index in [2.05, 4.69) is 33.5 Å². The van der Waals surface area contributed by atoms with Gasteiger partial charge in [-0.05, 0) is 31.3 Å². The summed E-state index contributed by atoms with van der Waals surface area (Å²) in [6.07, 6.45) is 3.75. The summed E-state index contributed by atoms with van der Waals surface area (Å²) in [5.74, 6) is 0. The monoisotopic (exact) mass is 255 g/mol. The maximum atomic E-state index is 4.47. The third kappa shape index (κ3) is 2.12. The SMILES string of the molecule is CNCc1cnc(-c2ccc3ncccc3c2)s1. The lowest BCUT2D eigenvalue weighted by Gasteiger charge is -1.99. The highest BCUT2D eigenvalue weighted by Gasteiger charge is 2.05. The summed E-state index contributed by atoms with van der Waals surface area (Å²) in [5, 5.41) is 5.35. The predicted octanol–water partition coefficient (Wildman–Crippen LogP) is 3.08. The van der Waals surface area contributed by atoms with Crippen LogP contribution >= 0.6 is 11.3 Å². The first-order valence-corrected chi connectivity index (χ1v) is 6.63. The number of hydrogen-bond donors (Lipinski definition) is 1. The zero-order chi connectivity index (χ0) is 12.4. The Balaban J connectivity index is 2.02. The van der Waals surface area contributed by atoms with Crippen LogP contribution in [-0.4, -0.2) is 17.0 Å². The number of rotatable bonds is 3. The Hall–Kier alpha value is -1.78. The molecule has 0 unspecified atom stereocenters. The van der Waals surface area contributed by atoms with Crippen LogP contribution in [0, 0.1) is 0 Å². The number of fused-ring (bicyclic) bond motifs is 1. The van der Waals surface area contributed by atoms with Gasteiger partial charge in [0.15, 0.2) is 0 Å². The van der Waals surface area contributed by atoms with Crippen molar-refractivity contribution in [3.05, 3.63) is 47.6 Å². The third-order valence-electron chi connectivity index (χ3n) is 2.75. The Morgan fingerprint density at radius 3 is 3.06 bits per heavy atom. The summed E-state index contributed by atoms with van der Waals surface area (Å²) in [7, 11) is 1.95. The zero-order valence-corrected chi connectivity index (χ0v) is 10.9. The Bertz CT molecular complexity index is 675. The third-order valence-corrected chi connectivity index (χ3v) is 3.80. The molecular weight excluding hydrogens is 242 g/mol. The number of nitrogens with one attached hydrogen (secondary N) is 1. The van der Waals surface area contributed by atoms with Gasteiger partial charge in [-0.3, -0.25) is 4.98 Å². The maximum Gasteiger partial charge on any atom is 0.123 e. The van der Waals surface area contributed by atoms with Crippen molar-refractivity contribution in [2.75, 3.05) is 7.05 Å². The van der Waals surface area contributed by atoms with Crippen molar-refractivity contribution in [2.24, 2.45) is 0 Å². The van der Waals surface area contributed by atoms with E-state index >= 15 is 0 Å². The Labute approximate surface area is 110 Å². The van der Waals surface area contributed by atoms with E-state index in [0.717, 1.165) is 28.0 Å². The largest absolute Gasteiger partial charge is 0.315 e. The molecule has 0 amide bonds. The molecule has 4 heteroatoms. The van der Waals surface area contributed by atoms with Gasteiger partial charge in [-0.2, -0.15) is 0 Å². The summed E-state index contributed by atoms with van der Waals surface area (Å²) in [6.45, 7) is 0.868. The van der Waals surface area contributed by atoms with Crippen LogP contribution < -0.4 is 5.32 Å². The second-order valence-corrected chi connectivity index (χ2v) is 5.19. The predicted molar refractivity (Wildman–Crippen MR) is 75.6 cm³/mol. The molecule has 0 saturated heterocycles. The van der Waals surface area contributed by atoms with Gasteiger partial charge in [0.25, 0.3) is 0 Å². The second kappa shape index (κ2) is 4.84. The van der Waals surface area contributed by atoms with E-state index in [-0.39, 0.29) is 0 Å². The molecule has 3 aromatic rings. The van der Waals surface area contributed by atoms with E-state index < -0.39 is 0 Å². The minimum Gasteiger partial charge on any atom is -0.315 e. The lowest BCUT2D eigenvalue weighted by Crippen LogP contribution is -2.02. The zero-order valence-electron chi connectivity index (χ0n) is 10.1. The fourth-order valence-electron chi connectivity index (χ4n) is 1.91. The highest BCUT2D eigenvalue weighted by molar-refractivity contribution is 7.15. The van der Waals surface area contributed by atoms with Crippen molar-refractivity contribution in [1.29, 1.82) is 0 Å². The van der Waals surface area contributed by atoms with Crippen molar-refractivity contribution in [3.8, 4) is 10.6 Å². The smallest absolute Gasteiger partial charge is 0.123 e. The van der Waals surface area contributed by atoms with Crippen molar-refractivity contribution < 1.29 is 0 Å². The average molecular weight is 255 g/mol. The molecule has 0 fully saturated rings. The lowest BCUT2D eigenvalue weighted by molar-refractivity contribution is 0.829. The molecular formula is C14H13N3S. The van der Waals surface area contributed by atoms with E-state index in [1.54, 1.807) is 11.3 Å². The van der Waals surface area contributed by atoms with Gasteiger partial charge in [0.05, 0.1) is 5.52 Å². The molecule has 0 bridgehead atoms. The van der Waals surface area contributed by atoms with Crippen molar-refractivity contribution in [2.45, 2.75) is 6.54 Å². The molecule has 0 aliphatic carbocycles. The minimum atomic E-state index is 0.868. The van der Waals surface area contributed by atoms with Crippen LogP contribution in [0.4, 0.5) is 0 Å². The molecule has 1 N–H and O–H groups in total. The van der Waals surface area contributed by atoms with Crippen LogP contribution in [0.5, 0.6) is 0 Å². The summed E-state index contributed by atoms with van der Waals surface area (Å²) < 4.78 is 0. The fraction of sp³-hybridized carbons (Fsp3) is 0.143. The van der Waals surface area contributed by atoms with Crippen LogP contribution in [0.2, 0.25) is 0 Å². The Morgan fingerprint density at radius 1 is 1.22 bits per heavy atom. The molecule has 2 heterocycles. The van der Waals surface area contributed by atoms with Gasteiger partial charge < -0.3 is 5.32 Å². The van der Waals surface area contributed by atoms with Crippen LogP contribution in [0.1, 0.15) is 4.88 Å². The van der Waals surface area contributed by atoms with Gasteiger partial charge in [-0.1, -0.05) is 6.07 Å². The summed E-state index contributed by atoms with van der Waals surface area (Å²) in [5.41, 5.74) is 2.18. The van der Waals surface area contributed by atoms with E-state index in [9.17, 15) is 0 Å². The van der Waals surface area contributed by atoms with Crippen LogP contribution in [0.25, 0.3) is 21.5 Å². The highest BCUT2D eigenvalue weighted by Crippen LogP contribution is 2.27. The topological polar surface area (TPSA) is 37.8 Å². The van der Waals surface area contributed by atoms with Gasteiger partial charge in [0.1, 0.15) is 5.01 Å². The molecule has 1 aromatic carbocycles. The molecule has 0 radical (unpaired) electrons. The molecule has 18 heavy (non-hydrogen) atoms. The number of pyridine rings is 1. The Kier molecular flexibility index (Phi) is 3.04. The minimum absolute atomic E-state index is 0.868. The van der Waals surface area contributed by atoms with Crippen molar-refractivity contribution in [1.82, 2.24) is 15.3 Å². The average Bonchev–Trinajstić information content (AvgIpc) is 2.87. The molecule has 0 spiro atoms. The first kappa shape index (κ1) is 11.3. The van der Waals surface area contributed by atoms with Gasteiger partial charge in [-0.25, -0.2) is 4.98 Å². The first-order chi connectivity index (χ1) is 8.86. The fourth-order valence-corrected chi connectivity index (χ4v) is 2.83. The Morgan fingerprint density at radius 2 is 2.17 bits per heavy atom. The molecule has 2 aromatic heterocycles. The van der Waals surface area contributed by atoms with Gasteiger partial charge in [0, 0.05) is 34.8 Å². The highest BCUT2D eigenvalue weighted by atomic mass is 32.1. The van der Waals surface area contributed by atoms with Gasteiger partial charge in [0.2, 0.25) is 0 Å². The van der Waals surface area contributed by atoms with Crippen LogP contribution in [-0.2, 0) is 6.54 Å². The quantitative estimate of drug-likeness (QED) is 0.781. The number of hydrogen-bond acceptors (Lipinski definition) is 4. The molecule has 90 valence electrons. The first-order valence-electron chi connectivity index (χ1n) is 5.81. The van der Waals surface area contributed by atoms with Crippen LogP contribution in [0.3, 0.4) is 0 Å². The molecule has 0 aliphatic rings. The van der Waals surface area contributed by atoms with E-state index in [0.29, 0.717) is 0 Å². The second-order valence-electron chi connectivity index (χ2n) is 4.07. The molecule has 0 saturated carbocycles. The molecule has 3 rings (SSSR count). The molecule has 0 aliphatic heterocycles. The maximum absolute atomic E-state index is 4.47. The number of nitrogens with zero attached hydrogens (tertiary/aromatic N) is 2.